The van der Waals surface area contributed by atoms with Crippen molar-refractivity contribution in [3.63, 3.8) is 0 Å². The van der Waals surface area contributed by atoms with E-state index in [-0.39, 0.29) is 0 Å². The maximum Gasteiger partial charge on any atom is 0.138 e. The Morgan fingerprint density at radius 2 is 1.93 bits per heavy atom. The first-order chi connectivity index (χ1) is 6.68. The average molecular weight is 188 g/mol. The molecule has 0 unspecified atom stereocenters. The van der Waals surface area contributed by atoms with E-state index in [4.69, 9.17) is 15.9 Å². The molecule has 0 aliphatic rings. The Bertz CT molecular complexity index is 460. The zero-order valence-corrected chi connectivity index (χ0v) is 7.95. The molecule has 1 heterocycles. The summed E-state index contributed by atoms with van der Waals surface area (Å²) in [6.07, 6.45) is 1.65. The zero-order chi connectivity index (χ0) is 10.1. The number of nitrogen functional groups attached to an aromatic ring is 2. The molecular formula is C11H12N2O. The van der Waals surface area contributed by atoms with E-state index in [2.05, 4.69) is 0 Å². The smallest absolute Gasteiger partial charge is 0.138 e. The van der Waals surface area contributed by atoms with Crippen molar-refractivity contribution in [2.24, 2.45) is 0 Å². The van der Waals surface area contributed by atoms with E-state index in [1.807, 2.05) is 19.1 Å². The fraction of sp³-hybridized carbons (Fsp3) is 0.0909. The number of hydrogen-bond donors (Lipinski definition) is 2. The molecule has 0 bridgehead atoms. The third-order valence-electron chi connectivity index (χ3n) is 2.18. The fourth-order valence-corrected chi connectivity index (χ4v) is 1.42. The molecule has 0 saturated heterocycles. The van der Waals surface area contributed by atoms with E-state index in [0.717, 1.165) is 16.9 Å². The molecule has 2 rings (SSSR count). The molecule has 72 valence electrons. The minimum atomic E-state index is 0.678. The molecule has 0 saturated carbocycles. The number of aryl methyl sites for hydroxylation is 1. The van der Waals surface area contributed by atoms with Gasteiger partial charge in [0.2, 0.25) is 0 Å². The molecule has 0 spiro atoms. The van der Waals surface area contributed by atoms with Gasteiger partial charge in [0, 0.05) is 16.9 Å². The van der Waals surface area contributed by atoms with Crippen molar-refractivity contribution in [2.45, 2.75) is 6.92 Å². The number of nitrogens with two attached hydrogens (primary N) is 2. The first-order valence-electron chi connectivity index (χ1n) is 4.38. The van der Waals surface area contributed by atoms with Gasteiger partial charge in [-0.3, -0.25) is 0 Å². The van der Waals surface area contributed by atoms with Crippen LogP contribution in [0.3, 0.4) is 0 Å². The topological polar surface area (TPSA) is 65.2 Å². The third-order valence-corrected chi connectivity index (χ3v) is 2.18. The number of benzene rings is 1. The normalized spacial score (nSPS) is 10.4. The monoisotopic (exact) mass is 188 g/mol. The highest BCUT2D eigenvalue weighted by Crippen LogP contribution is 2.30. The predicted molar refractivity (Wildman–Crippen MR) is 57.7 cm³/mol. The van der Waals surface area contributed by atoms with Gasteiger partial charge in [0.05, 0.1) is 6.26 Å². The first kappa shape index (κ1) is 8.69. The SMILES string of the molecule is Cc1ccoc1-c1cc(N)ccc1N. The van der Waals surface area contributed by atoms with Crippen LogP contribution >= 0.6 is 0 Å². The Balaban J connectivity index is 2.62. The van der Waals surface area contributed by atoms with Crippen LogP contribution in [0, 0.1) is 6.92 Å². The van der Waals surface area contributed by atoms with E-state index in [1.165, 1.54) is 0 Å². The van der Waals surface area contributed by atoms with Crippen LogP contribution in [0.5, 0.6) is 0 Å². The summed E-state index contributed by atoms with van der Waals surface area (Å²) in [7, 11) is 0. The molecule has 0 aliphatic carbocycles. The van der Waals surface area contributed by atoms with Gasteiger partial charge in [-0.1, -0.05) is 0 Å². The van der Waals surface area contributed by atoms with E-state index in [0.29, 0.717) is 11.4 Å². The van der Waals surface area contributed by atoms with Gasteiger partial charge in [-0.25, -0.2) is 0 Å². The summed E-state index contributed by atoms with van der Waals surface area (Å²) in [5.74, 6) is 0.787. The fourth-order valence-electron chi connectivity index (χ4n) is 1.42. The van der Waals surface area contributed by atoms with Gasteiger partial charge in [-0.15, -0.1) is 0 Å². The number of hydrogen-bond acceptors (Lipinski definition) is 3. The molecule has 1 aromatic carbocycles. The maximum atomic E-state index is 5.83. The van der Waals surface area contributed by atoms with Crippen molar-refractivity contribution in [1.29, 1.82) is 0 Å². The summed E-state index contributed by atoms with van der Waals surface area (Å²) in [5, 5.41) is 0. The quantitative estimate of drug-likeness (QED) is 0.675. The lowest BCUT2D eigenvalue weighted by molar-refractivity contribution is 0.581. The lowest BCUT2D eigenvalue weighted by Gasteiger charge is -2.04. The highest BCUT2D eigenvalue weighted by molar-refractivity contribution is 5.77. The number of anilines is 2. The first-order valence-corrected chi connectivity index (χ1v) is 4.38. The van der Waals surface area contributed by atoms with Crippen LogP contribution < -0.4 is 11.5 Å². The predicted octanol–water partition coefficient (Wildman–Crippen LogP) is 2.42. The Hall–Kier alpha value is -1.90. The van der Waals surface area contributed by atoms with Crippen molar-refractivity contribution in [2.75, 3.05) is 11.5 Å². The largest absolute Gasteiger partial charge is 0.464 e. The second-order valence-electron chi connectivity index (χ2n) is 3.28. The summed E-state index contributed by atoms with van der Waals surface area (Å²) in [6.45, 7) is 1.97. The van der Waals surface area contributed by atoms with Gasteiger partial charge in [0.15, 0.2) is 0 Å². The number of rotatable bonds is 1. The second-order valence-corrected chi connectivity index (χ2v) is 3.28. The summed E-state index contributed by atoms with van der Waals surface area (Å²) >= 11 is 0. The summed E-state index contributed by atoms with van der Waals surface area (Å²) < 4.78 is 5.35. The molecule has 4 N–H and O–H groups in total. The molecule has 0 amide bonds. The van der Waals surface area contributed by atoms with Gasteiger partial charge >= 0.3 is 0 Å². The minimum absolute atomic E-state index is 0.678. The molecule has 0 fully saturated rings. The standard InChI is InChI=1S/C11H12N2O/c1-7-4-5-14-11(7)9-6-8(12)2-3-10(9)13/h2-6H,12-13H2,1H3. The van der Waals surface area contributed by atoms with E-state index in [1.54, 1.807) is 18.4 Å². The molecule has 0 radical (unpaired) electrons. The van der Waals surface area contributed by atoms with Crippen molar-refractivity contribution < 1.29 is 4.42 Å². The van der Waals surface area contributed by atoms with Gasteiger partial charge in [-0.2, -0.15) is 0 Å². The average Bonchev–Trinajstić information content (AvgIpc) is 2.56. The van der Waals surface area contributed by atoms with Crippen LogP contribution in [0.1, 0.15) is 5.56 Å². The Kier molecular flexibility index (Phi) is 1.93. The number of furan rings is 1. The molecule has 0 atom stereocenters. The van der Waals surface area contributed by atoms with Gasteiger partial charge < -0.3 is 15.9 Å². The summed E-state index contributed by atoms with van der Waals surface area (Å²) in [4.78, 5) is 0. The highest BCUT2D eigenvalue weighted by atomic mass is 16.3. The van der Waals surface area contributed by atoms with Crippen molar-refractivity contribution >= 4 is 11.4 Å². The minimum Gasteiger partial charge on any atom is -0.464 e. The Labute approximate surface area is 82.3 Å². The summed E-state index contributed by atoms with van der Waals surface area (Å²) in [6, 6.07) is 7.28. The maximum absolute atomic E-state index is 5.83. The highest BCUT2D eigenvalue weighted by Gasteiger charge is 2.08. The van der Waals surface area contributed by atoms with Crippen LogP contribution in [0.2, 0.25) is 0 Å². The van der Waals surface area contributed by atoms with Crippen molar-refractivity contribution in [1.82, 2.24) is 0 Å². The Morgan fingerprint density at radius 1 is 1.14 bits per heavy atom. The van der Waals surface area contributed by atoms with Crippen LogP contribution in [-0.2, 0) is 0 Å². The van der Waals surface area contributed by atoms with Crippen molar-refractivity contribution in [3.05, 3.63) is 36.1 Å². The van der Waals surface area contributed by atoms with E-state index < -0.39 is 0 Å². The van der Waals surface area contributed by atoms with Crippen LogP contribution in [0.15, 0.2) is 34.9 Å². The molecule has 1 aromatic heterocycles. The lowest BCUT2D eigenvalue weighted by Crippen LogP contribution is -1.92. The third kappa shape index (κ3) is 1.33. The molecule has 14 heavy (non-hydrogen) atoms. The van der Waals surface area contributed by atoms with Crippen LogP contribution in [-0.4, -0.2) is 0 Å². The van der Waals surface area contributed by atoms with Gasteiger partial charge in [-0.05, 0) is 36.8 Å². The van der Waals surface area contributed by atoms with E-state index >= 15 is 0 Å². The van der Waals surface area contributed by atoms with Crippen LogP contribution in [0.25, 0.3) is 11.3 Å². The molecule has 2 aromatic rings. The van der Waals surface area contributed by atoms with E-state index in [9.17, 15) is 0 Å². The molecule has 0 aliphatic heterocycles. The van der Waals surface area contributed by atoms with Gasteiger partial charge in [0.25, 0.3) is 0 Å². The second kappa shape index (κ2) is 3.10. The van der Waals surface area contributed by atoms with Crippen molar-refractivity contribution in [3.8, 4) is 11.3 Å². The van der Waals surface area contributed by atoms with Gasteiger partial charge in [0.1, 0.15) is 5.76 Å². The van der Waals surface area contributed by atoms with Crippen LogP contribution in [0.4, 0.5) is 11.4 Å². The molecule has 3 nitrogen and oxygen atoms in total. The molecule has 3 heteroatoms. The molecular weight excluding hydrogens is 176 g/mol. The Morgan fingerprint density at radius 3 is 2.57 bits per heavy atom. The zero-order valence-electron chi connectivity index (χ0n) is 7.95. The summed E-state index contributed by atoms with van der Waals surface area (Å²) in [5.41, 5.74) is 14.8. The lowest BCUT2D eigenvalue weighted by atomic mass is 10.1.